The first kappa shape index (κ1) is 16.8. The van der Waals surface area contributed by atoms with Crippen LogP contribution in [0.5, 0.6) is 0 Å². The highest BCUT2D eigenvalue weighted by molar-refractivity contribution is 5.90. The molecular formula is C18H15FN6O2. The highest BCUT2D eigenvalue weighted by atomic mass is 19.1. The van der Waals surface area contributed by atoms with E-state index in [4.69, 9.17) is 4.74 Å². The Morgan fingerprint density at radius 2 is 2.11 bits per heavy atom. The molecule has 0 saturated carbocycles. The number of pyridine rings is 1. The summed E-state index contributed by atoms with van der Waals surface area (Å²) in [6, 6.07) is 10.1. The lowest BCUT2D eigenvalue weighted by molar-refractivity contribution is 0.0512. The summed E-state index contributed by atoms with van der Waals surface area (Å²) in [6.45, 7) is 2.15. The van der Waals surface area contributed by atoms with Gasteiger partial charge in [-0.1, -0.05) is 18.2 Å². The number of fused-ring (bicyclic) bond motifs is 1. The third kappa shape index (κ3) is 3.14. The average molecular weight is 366 g/mol. The zero-order valence-corrected chi connectivity index (χ0v) is 14.4. The Morgan fingerprint density at radius 3 is 2.93 bits per heavy atom. The van der Waals surface area contributed by atoms with Gasteiger partial charge in [0.15, 0.2) is 5.65 Å². The lowest BCUT2D eigenvalue weighted by Gasteiger charge is -2.04. The van der Waals surface area contributed by atoms with Gasteiger partial charge in [-0.2, -0.15) is 15.2 Å². The number of halogens is 1. The van der Waals surface area contributed by atoms with E-state index in [9.17, 15) is 9.18 Å². The number of aromatic nitrogens is 6. The topological polar surface area (TPSA) is 98.6 Å². The third-order valence-electron chi connectivity index (χ3n) is 3.95. The Hall–Kier alpha value is -3.62. The molecule has 1 N–H and O–H groups in total. The first-order valence-electron chi connectivity index (χ1n) is 8.32. The Bertz CT molecular complexity index is 1120. The quantitative estimate of drug-likeness (QED) is 0.545. The number of benzene rings is 1. The number of carbonyl (C=O) groups is 1. The molecule has 8 nitrogen and oxygen atoms in total. The van der Waals surface area contributed by atoms with Crippen molar-refractivity contribution in [3.63, 3.8) is 0 Å². The van der Waals surface area contributed by atoms with Crippen LogP contribution in [0.2, 0.25) is 0 Å². The normalized spacial score (nSPS) is 11.0. The van der Waals surface area contributed by atoms with Crippen molar-refractivity contribution < 1.29 is 13.9 Å². The molecule has 136 valence electrons. The maximum absolute atomic E-state index is 14.0. The fraction of sp³-hybridized carbons (Fsp3) is 0.167. The van der Waals surface area contributed by atoms with E-state index in [1.807, 2.05) is 6.07 Å². The summed E-state index contributed by atoms with van der Waals surface area (Å²) in [6.07, 6.45) is 1.63. The monoisotopic (exact) mass is 366 g/mol. The molecule has 0 aliphatic carbocycles. The number of ether oxygens (including phenoxy) is 1. The van der Waals surface area contributed by atoms with E-state index in [-0.39, 0.29) is 30.6 Å². The van der Waals surface area contributed by atoms with E-state index in [2.05, 4.69) is 25.3 Å². The molecular weight excluding hydrogens is 351 g/mol. The number of hydrogen-bond donors (Lipinski definition) is 1. The Kier molecular flexibility index (Phi) is 4.33. The van der Waals surface area contributed by atoms with Crippen molar-refractivity contribution in [2.45, 2.75) is 13.5 Å². The second-order valence-electron chi connectivity index (χ2n) is 5.70. The van der Waals surface area contributed by atoms with Gasteiger partial charge in [-0.25, -0.2) is 18.9 Å². The highest BCUT2D eigenvalue weighted by Crippen LogP contribution is 2.25. The summed E-state index contributed by atoms with van der Waals surface area (Å²) in [4.78, 5) is 20.3. The van der Waals surface area contributed by atoms with Gasteiger partial charge in [0.25, 0.3) is 0 Å². The van der Waals surface area contributed by atoms with Gasteiger partial charge in [-0.05, 0) is 25.1 Å². The molecule has 9 heteroatoms. The Morgan fingerprint density at radius 1 is 1.26 bits per heavy atom. The van der Waals surface area contributed by atoms with E-state index in [0.29, 0.717) is 22.3 Å². The summed E-state index contributed by atoms with van der Waals surface area (Å²) >= 11 is 0. The van der Waals surface area contributed by atoms with Crippen molar-refractivity contribution in [3.05, 3.63) is 59.8 Å². The van der Waals surface area contributed by atoms with Gasteiger partial charge in [-0.15, -0.1) is 0 Å². The lowest BCUT2D eigenvalue weighted by atomic mass is 10.2. The number of rotatable bonds is 5. The maximum atomic E-state index is 14.0. The standard InChI is InChI=1S/C18H15FN6O2/c1-2-27-18(26)16-21-15(22-23-16)14-12-7-5-9-20-17(12)25(24-14)10-11-6-3-4-8-13(11)19/h3-9H,2,10H2,1H3,(H,21,22,23). The number of esters is 1. The van der Waals surface area contributed by atoms with Crippen LogP contribution in [0.4, 0.5) is 4.39 Å². The molecule has 0 bridgehead atoms. The molecule has 0 spiro atoms. The van der Waals surface area contributed by atoms with Gasteiger partial charge in [0.2, 0.25) is 11.6 Å². The number of nitrogens with zero attached hydrogens (tertiary/aromatic N) is 5. The lowest BCUT2D eigenvalue weighted by Crippen LogP contribution is -2.06. The first-order valence-corrected chi connectivity index (χ1v) is 8.32. The maximum Gasteiger partial charge on any atom is 0.375 e. The number of H-pyrrole nitrogens is 1. The smallest absolute Gasteiger partial charge is 0.375 e. The molecule has 4 rings (SSSR count). The third-order valence-corrected chi connectivity index (χ3v) is 3.95. The average Bonchev–Trinajstić information content (AvgIpc) is 3.29. The molecule has 0 aliphatic heterocycles. The van der Waals surface area contributed by atoms with Crippen molar-refractivity contribution in [2.24, 2.45) is 0 Å². The van der Waals surface area contributed by atoms with Crippen LogP contribution in [-0.2, 0) is 11.3 Å². The van der Waals surface area contributed by atoms with E-state index in [1.54, 1.807) is 42.1 Å². The van der Waals surface area contributed by atoms with Gasteiger partial charge in [0.05, 0.1) is 18.5 Å². The minimum atomic E-state index is -0.593. The van der Waals surface area contributed by atoms with E-state index in [0.717, 1.165) is 0 Å². The summed E-state index contributed by atoms with van der Waals surface area (Å²) in [5.74, 6) is -0.679. The van der Waals surface area contributed by atoms with Crippen molar-refractivity contribution in [3.8, 4) is 11.5 Å². The van der Waals surface area contributed by atoms with Crippen LogP contribution in [-0.4, -0.2) is 42.5 Å². The zero-order chi connectivity index (χ0) is 18.8. The van der Waals surface area contributed by atoms with Gasteiger partial charge in [0.1, 0.15) is 11.5 Å². The summed E-state index contributed by atoms with van der Waals surface area (Å²) in [5.41, 5.74) is 1.50. The number of nitrogens with one attached hydrogen (secondary N) is 1. The van der Waals surface area contributed by atoms with Crippen LogP contribution in [0.3, 0.4) is 0 Å². The molecule has 0 fully saturated rings. The molecule has 4 aromatic rings. The van der Waals surface area contributed by atoms with Crippen molar-refractivity contribution >= 4 is 17.0 Å². The van der Waals surface area contributed by atoms with Crippen molar-refractivity contribution in [2.75, 3.05) is 6.61 Å². The molecule has 0 radical (unpaired) electrons. The van der Waals surface area contributed by atoms with Gasteiger partial charge >= 0.3 is 5.97 Å². The Balaban J connectivity index is 1.76. The highest BCUT2D eigenvalue weighted by Gasteiger charge is 2.20. The summed E-state index contributed by atoms with van der Waals surface area (Å²) < 4.78 is 20.5. The van der Waals surface area contributed by atoms with E-state index < -0.39 is 5.97 Å². The van der Waals surface area contributed by atoms with Crippen LogP contribution in [0, 0.1) is 5.82 Å². The molecule has 3 aromatic heterocycles. The van der Waals surface area contributed by atoms with Crippen LogP contribution < -0.4 is 0 Å². The van der Waals surface area contributed by atoms with Gasteiger partial charge in [-0.3, -0.25) is 5.10 Å². The van der Waals surface area contributed by atoms with E-state index >= 15 is 0 Å². The van der Waals surface area contributed by atoms with Crippen LogP contribution >= 0.6 is 0 Å². The second-order valence-corrected chi connectivity index (χ2v) is 5.70. The second kappa shape index (κ2) is 6.94. The minimum absolute atomic E-state index is 0.00690. The Labute approximate surface area is 153 Å². The first-order chi connectivity index (χ1) is 13.2. The summed E-state index contributed by atoms with van der Waals surface area (Å²) in [7, 11) is 0. The SMILES string of the molecule is CCOC(=O)c1nc(-c2nn(Cc3ccccc3F)c3ncccc23)n[nH]1. The molecule has 0 saturated heterocycles. The minimum Gasteiger partial charge on any atom is -0.460 e. The molecule has 0 atom stereocenters. The van der Waals surface area contributed by atoms with Crippen LogP contribution in [0.15, 0.2) is 42.6 Å². The summed E-state index contributed by atoms with van der Waals surface area (Å²) in [5, 5.41) is 11.8. The zero-order valence-electron chi connectivity index (χ0n) is 14.4. The number of hydrogen-bond acceptors (Lipinski definition) is 6. The van der Waals surface area contributed by atoms with Gasteiger partial charge in [0, 0.05) is 11.8 Å². The predicted molar refractivity (Wildman–Crippen MR) is 94.4 cm³/mol. The molecule has 3 heterocycles. The van der Waals surface area contributed by atoms with Crippen molar-refractivity contribution in [1.29, 1.82) is 0 Å². The fourth-order valence-electron chi connectivity index (χ4n) is 2.73. The largest absolute Gasteiger partial charge is 0.460 e. The van der Waals surface area contributed by atoms with Crippen LogP contribution in [0.1, 0.15) is 23.1 Å². The predicted octanol–water partition coefficient (Wildman–Crippen LogP) is 2.58. The molecule has 1 aromatic carbocycles. The molecule has 27 heavy (non-hydrogen) atoms. The van der Waals surface area contributed by atoms with Crippen LogP contribution in [0.25, 0.3) is 22.6 Å². The van der Waals surface area contributed by atoms with Crippen molar-refractivity contribution in [1.82, 2.24) is 29.9 Å². The molecule has 0 unspecified atom stereocenters. The van der Waals surface area contributed by atoms with E-state index in [1.165, 1.54) is 6.07 Å². The fourth-order valence-corrected chi connectivity index (χ4v) is 2.73. The molecule has 0 aliphatic rings. The molecule has 0 amide bonds. The van der Waals surface area contributed by atoms with Gasteiger partial charge < -0.3 is 4.74 Å². The number of carbonyl (C=O) groups excluding carboxylic acids is 1. The number of aromatic amines is 1.